The molecule has 1 N–H and O–H groups in total. The van der Waals surface area contributed by atoms with E-state index in [-0.39, 0.29) is 22.7 Å². The van der Waals surface area contributed by atoms with Crippen LogP contribution in [0.2, 0.25) is 0 Å². The SMILES string of the molecule is CC(C)(C)c1ccc(S(=O)(=O)NCc2nc(-c3ccccc3)no2)cc1. The summed E-state index contributed by atoms with van der Waals surface area (Å²) in [6.07, 6.45) is 0. The number of hydrogen-bond acceptors (Lipinski definition) is 5. The maximum Gasteiger partial charge on any atom is 0.242 e. The topological polar surface area (TPSA) is 85.1 Å². The van der Waals surface area contributed by atoms with Gasteiger partial charge in [0.15, 0.2) is 0 Å². The number of benzene rings is 2. The van der Waals surface area contributed by atoms with Crippen LogP contribution in [0.5, 0.6) is 0 Å². The minimum atomic E-state index is -3.65. The molecule has 3 aromatic rings. The molecule has 1 aromatic heterocycles. The number of rotatable bonds is 5. The Morgan fingerprint density at radius 2 is 1.65 bits per heavy atom. The highest BCUT2D eigenvalue weighted by Gasteiger charge is 2.18. The molecule has 7 heteroatoms. The van der Waals surface area contributed by atoms with E-state index < -0.39 is 10.0 Å². The van der Waals surface area contributed by atoms with E-state index in [1.54, 1.807) is 12.1 Å². The molecule has 6 nitrogen and oxygen atoms in total. The van der Waals surface area contributed by atoms with E-state index in [1.165, 1.54) is 0 Å². The molecule has 0 amide bonds. The predicted octanol–water partition coefficient (Wildman–Crippen LogP) is 3.51. The van der Waals surface area contributed by atoms with Crippen LogP contribution in [0, 0.1) is 0 Å². The van der Waals surface area contributed by atoms with E-state index in [1.807, 2.05) is 42.5 Å². The number of nitrogens with zero attached hydrogens (tertiary/aromatic N) is 2. The lowest BCUT2D eigenvalue weighted by Gasteiger charge is -2.19. The van der Waals surface area contributed by atoms with Crippen molar-refractivity contribution in [1.82, 2.24) is 14.9 Å². The lowest BCUT2D eigenvalue weighted by molar-refractivity contribution is 0.376. The highest BCUT2D eigenvalue weighted by Crippen LogP contribution is 2.23. The molecule has 0 atom stereocenters. The van der Waals surface area contributed by atoms with Crippen LogP contribution in [0.4, 0.5) is 0 Å². The zero-order valence-electron chi connectivity index (χ0n) is 14.9. The van der Waals surface area contributed by atoms with E-state index in [0.29, 0.717) is 5.82 Å². The molecule has 0 aliphatic carbocycles. The Morgan fingerprint density at radius 1 is 1.00 bits per heavy atom. The smallest absolute Gasteiger partial charge is 0.242 e. The highest BCUT2D eigenvalue weighted by atomic mass is 32.2. The normalized spacial score (nSPS) is 12.3. The van der Waals surface area contributed by atoms with Crippen LogP contribution in [0.1, 0.15) is 32.2 Å². The monoisotopic (exact) mass is 371 g/mol. The lowest BCUT2D eigenvalue weighted by atomic mass is 9.87. The Morgan fingerprint density at radius 3 is 2.27 bits per heavy atom. The zero-order chi connectivity index (χ0) is 18.8. The summed E-state index contributed by atoms with van der Waals surface area (Å²) in [5.41, 5.74) is 1.84. The third kappa shape index (κ3) is 4.17. The third-order valence-electron chi connectivity index (χ3n) is 3.94. The van der Waals surface area contributed by atoms with Gasteiger partial charge in [-0.15, -0.1) is 0 Å². The Kier molecular flexibility index (Phi) is 4.93. The molecule has 26 heavy (non-hydrogen) atoms. The minimum absolute atomic E-state index is 0.0344. The van der Waals surface area contributed by atoms with Crippen molar-refractivity contribution in [3.05, 3.63) is 66.1 Å². The molecule has 2 aromatic carbocycles. The molecule has 3 rings (SSSR count). The summed E-state index contributed by atoms with van der Waals surface area (Å²) in [7, 11) is -3.65. The van der Waals surface area contributed by atoms with E-state index in [0.717, 1.165) is 11.1 Å². The molecule has 0 unspecified atom stereocenters. The quantitative estimate of drug-likeness (QED) is 0.742. The van der Waals surface area contributed by atoms with Crippen molar-refractivity contribution >= 4 is 10.0 Å². The molecule has 0 bridgehead atoms. The summed E-state index contributed by atoms with van der Waals surface area (Å²) >= 11 is 0. The van der Waals surface area contributed by atoms with Crippen LogP contribution in [0.15, 0.2) is 64.0 Å². The average molecular weight is 371 g/mol. The van der Waals surface area contributed by atoms with Crippen LogP contribution in [0.3, 0.4) is 0 Å². The van der Waals surface area contributed by atoms with Crippen molar-refractivity contribution in [2.45, 2.75) is 37.6 Å². The van der Waals surface area contributed by atoms with Gasteiger partial charge in [0.05, 0.1) is 11.4 Å². The molecule has 0 radical (unpaired) electrons. The Balaban J connectivity index is 1.70. The molecule has 0 aliphatic heterocycles. The second kappa shape index (κ2) is 7.01. The summed E-state index contributed by atoms with van der Waals surface area (Å²) in [5.74, 6) is 0.632. The van der Waals surface area contributed by atoms with E-state index in [9.17, 15) is 8.42 Å². The van der Waals surface area contributed by atoms with Gasteiger partial charge in [-0.1, -0.05) is 68.4 Å². The van der Waals surface area contributed by atoms with Gasteiger partial charge in [0, 0.05) is 5.56 Å². The Hall–Kier alpha value is -2.51. The Labute approximate surface area is 153 Å². The van der Waals surface area contributed by atoms with Crippen molar-refractivity contribution in [1.29, 1.82) is 0 Å². The van der Waals surface area contributed by atoms with Crippen molar-refractivity contribution < 1.29 is 12.9 Å². The summed E-state index contributed by atoms with van der Waals surface area (Å²) in [6, 6.07) is 16.2. The van der Waals surface area contributed by atoms with Gasteiger partial charge in [0.25, 0.3) is 0 Å². The maximum atomic E-state index is 12.4. The molecule has 0 saturated heterocycles. The van der Waals surface area contributed by atoms with E-state index in [4.69, 9.17) is 4.52 Å². The first-order valence-electron chi connectivity index (χ1n) is 8.24. The fourth-order valence-electron chi connectivity index (χ4n) is 2.41. The second-order valence-electron chi connectivity index (χ2n) is 6.98. The summed E-state index contributed by atoms with van der Waals surface area (Å²) in [5, 5.41) is 3.88. The van der Waals surface area contributed by atoms with Gasteiger partial charge in [0.2, 0.25) is 21.7 Å². The summed E-state index contributed by atoms with van der Waals surface area (Å²) < 4.78 is 32.5. The van der Waals surface area contributed by atoms with Gasteiger partial charge < -0.3 is 4.52 Å². The van der Waals surface area contributed by atoms with Crippen molar-refractivity contribution in [2.24, 2.45) is 0 Å². The first-order chi connectivity index (χ1) is 12.3. The number of nitrogens with one attached hydrogen (secondary N) is 1. The Bertz CT molecular complexity index is 973. The number of aromatic nitrogens is 2. The van der Waals surface area contributed by atoms with Gasteiger partial charge in [0.1, 0.15) is 0 Å². The van der Waals surface area contributed by atoms with E-state index >= 15 is 0 Å². The molecule has 0 spiro atoms. The zero-order valence-corrected chi connectivity index (χ0v) is 15.7. The second-order valence-corrected chi connectivity index (χ2v) is 8.74. The van der Waals surface area contributed by atoms with Gasteiger partial charge in [-0.05, 0) is 23.1 Å². The fourth-order valence-corrected chi connectivity index (χ4v) is 3.38. The number of sulfonamides is 1. The lowest BCUT2D eigenvalue weighted by Crippen LogP contribution is -2.23. The van der Waals surface area contributed by atoms with Crippen LogP contribution in [-0.2, 0) is 22.0 Å². The number of hydrogen-bond donors (Lipinski definition) is 1. The van der Waals surface area contributed by atoms with Gasteiger partial charge in [-0.3, -0.25) is 0 Å². The van der Waals surface area contributed by atoms with Crippen molar-refractivity contribution in [3.63, 3.8) is 0 Å². The molecular formula is C19H21N3O3S. The maximum absolute atomic E-state index is 12.4. The first kappa shape index (κ1) is 18.3. The standard InChI is InChI=1S/C19H21N3O3S/c1-19(2,3)15-9-11-16(12-10-15)26(23,24)20-13-17-21-18(22-25-17)14-7-5-4-6-8-14/h4-12,20H,13H2,1-3H3. The highest BCUT2D eigenvalue weighted by molar-refractivity contribution is 7.89. The third-order valence-corrected chi connectivity index (χ3v) is 5.36. The fraction of sp³-hybridized carbons (Fsp3) is 0.263. The summed E-state index contributed by atoms with van der Waals surface area (Å²) in [6.45, 7) is 6.17. The van der Waals surface area contributed by atoms with Crippen LogP contribution in [0.25, 0.3) is 11.4 Å². The van der Waals surface area contributed by atoms with Gasteiger partial charge in [-0.2, -0.15) is 4.98 Å². The van der Waals surface area contributed by atoms with Crippen LogP contribution < -0.4 is 4.72 Å². The van der Waals surface area contributed by atoms with Crippen molar-refractivity contribution in [2.75, 3.05) is 0 Å². The average Bonchev–Trinajstić information content (AvgIpc) is 3.09. The predicted molar refractivity (Wildman–Crippen MR) is 98.9 cm³/mol. The van der Waals surface area contributed by atoms with Crippen molar-refractivity contribution in [3.8, 4) is 11.4 Å². The molecule has 1 heterocycles. The van der Waals surface area contributed by atoms with Gasteiger partial charge in [-0.25, -0.2) is 13.1 Å². The largest absolute Gasteiger partial charge is 0.338 e. The molecule has 0 saturated carbocycles. The molecule has 136 valence electrons. The van der Waals surface area contributed by atoms with Crippen LogP contribution in [-0.4, -0.2) is 18.6 Å². The minimum Gasteiger partial charge on any atom is -0.338 e. The molecular weight excluding hydrogens is 350 g/mol. The van der Waals surface area contributed by atoms with Gasteiger partial charge >= 0.3 is 0 Å². The van der Waals surface area contributed by atoms with Crippen LogP contribution >= 0.6 is 0 Å². The first-order valence-corrected chi connectivity index (χ1v) is 9.72. The molecule has 0 fully saturated rings. The summed E-state index contributed by atoms with van der Waals surface area (Å²) in [4.78, 5) is 4.42. The van der Waals surface area contributed by atoms with E-state index in [2.05, 4.69) is 35.6 Å². The molecule has 0 aliphatic rings.